The Hall–Kier alpha value is 0.330. The normalized spacial score (nSPS) is 10.4. The molecule has 1 aromatic rings. The van der Waals surface area contributed by atoms with Gasteiger partial charge >= 0.3 is 0 Å². The van der Waals surface area contributed by atoms with Gasteiger partial charge in [0, 0.05) is 10.0 Å². The molecule has 0 spiro atoms. The Morgan fingerprint density at radius 2 is 1.83 bits per heavy atom. The summed E-state index contributed by atoms with van der Waals surface area (Å²) in [6.45, 7) is 0. The molecule has 0 saturated carbocycles. The molecule has 0 atom stereocenters. The van der Waals surface area contributed by atoms with Gasteiger partial charge in [-0.1, -0.05) is 0 Å². The monoisotopic (exact) mass is 318 g/mol. The molecule has 0 nitrogen and oxygen atoms in total. The first kappa shape index (κ1) is 10.4. The highest BCUT2D eigenvalue weighted by molar-refractivity contribution is 9.13. The lowest BCUT2D eigenvalue weighted by atomic mass is 10.2. The first-order valence-electron chi connectivity index (χ1n) is 2.95. The first-order chi connectivity index (χ1) is 5.57. The molecule has 0 saturated heterocycles. The van der Waals surface area contributed by atoms with Gasteiger partial charge in [-0.3, -0.25) is 0 Å². The Morgan fingerprint density at radius 3 is 2.33 bits per heavy atom. The Bertz CT molecular complexity index is 315. The number of rotatable bonds is 1. The van der Waals surface area contributed by atoms with Crippen LogP contribution in [0.5, 0.6) is 0 Å². The highest BCUT2D eigenvalue weighted by Gasteiger charge is 2.14. The topological polar surface area (TPSA) is 0 Å². The average Bonchev–Trinajstić information content (AvgIpc) is 2.08. The van der Waals surface area contributed by atoms with Crippen LogP contribution in [0.2, 0.25) is 0 Å². The molecule has 0 N–H and O–H groups in total. The molecule has 1 aromatic carbocycles. The Labute approximate surface area is 90.2 Å². The quantitative estimate of drug-likeness (QED) is 0.413. The minimum Gasteiger partial charge on any atom is -0.203 e. The summed E-state index contributed by atoms with van der Waals surface area (Å²) in [6, 6.07) is 1.44. The molecule has 0 heterocycles. The molecule has 0 bridgehead atoms. The van der Waals surface area contributed by atoms with Crippen LogP contribution in [0.15, 0.2) is 15.0 Å². The number of benzene rings is 1. The number of halogens is 5. The van der Waals surface area contributed by atoms with Crippen LogP contribution < -0.4 is 0 Å². The molecule has 12 heavy (non-hydrogen) atoms. The van der Waals surface area contributed by atoms with Crippen molar-refractivity contribution in [3.63, 3.8) is 0 Å². The van der Waals surface area contributed by atoms with E-state index >= 15 is 0 Å². The van der Waals surface area contributed by atoms with E-state index in [9.17, 15) is 8.78 Å². The van der Waals surface area contributed by atoms with E-state index < -0.39 is 11.6 Å². The number of alkyl halides is 1. The van der Waals surface area contributed by atoms with Crippen molar-refractivity contribution in [2.75, 3.05) is 0 Å². The van der Waals surface area contributed by atoms with Gasteiger partial charge in [-0.05, 0) is 37.9 Å². The highest BCUT2D eigenvalue weighted by atomic mass is 79.9. The van der Waals surface area contributed by atoms with Gasteiger partial charge in [0.2, 0.25) is 0 Å². The fourth-order valence-corrected chi connectivity index (χ4v) is 1.65. The summed E-state index contributed by atoms with van der Waals surface area (Å²) >= 11 is 11.3. The molecule has 0 radical (unpaired) electrons. The molecular formula is C7H3Br2ClF2. The van der Waals surface area contributed by atoms with Crippen LogP contribution in [-0.2, 0) is 5.88 Å². The van der Waals surface area contributed by atoms with Crippen molar-refractivity contribution in [1.82, 2.24) is 0 Å². The summed E-state index contributed by atoms with van der Waals surface area (Å²) in [5.74, 6) is -1.87. The summed E-state index contributed by atoms with van der Waals surface area (Å²) in [5, 5.41) is 0. The lowest BCUT2D eigenvalue weighted by Gasteiger charge is -2.03. The molecule has 66 valence electrons. The zero-order valence-electron chi connectivity index (χ0n) is 5.67. The van der Waals surface area contributed by atoms with Crippen LogP contribution in [0, 0.1) is 11.6 Å². The van der Waals surface area contributed by atoms with Crippen LogP contribution >= 0.6 is 43.5 Å². The largest absolute Gasteiger partial charge is 0.203 e. The lowest BCUT2D eigenvalue weighted by molar-refractivity contribution is 0.497. The molecule has 5 heteroatoms. The smallest absolute Gasteiger partial charge is 0.174 e. The second kappa shape index (κ2) is 4.03. The maximum Gasteiger partial charge on any atom is 0.174 e. The molecule has 0 aliphatic rings. The van der Waals surface area contributed by atoms with Gasteiger partial charge in [0.05, 0.1) is 10.4 Å². The Morgan fingerprint density at radius 1 is 1.25 bits per heavy atom. The van der Waals surface area contributed by atoms with E-state index in [2.05, 4.69) is 31.9 Å². The van der Waals surface area contributed by atoms with Crippen molar-refractivity contribution in [2.24, 2.45) is 0 Å². The van der Waals surface area contributed by atoms with Gasteiger partial charge in [-0.2, -0.15) is 0 Å². The Kier molecular flexibility index (Phi) is 3.49. The van der Waals surface area contributed by atoms with Gasteiger partial charge in [0.1, 0.15) is 0 Å². The van der Waals surface area contributed by atoms with Crippen molar-refractivity contribution in [1.29, 1.82) is 0 Å². The number of hydrogen-bond donors (Lipinski definition) is 0. The SMILES string of the molecule is Fc1c(CCl)cc(Br)c(Br)c1F. The summed E-state index contributed by atoms with van der Waals surface area (Å²) in [6.07, 6.45) is 0. The van der Waals surface area contributed by atoms with Crippen LogP contribution in [0.25, 0.3) is 0 Å². The molecule has 0 aromatic heterocycles. The van der Waals surface area contributed by atoms with E-state index in [1.807, 2.05) is 0 Å². The van der Waals surface area contributed by atoms with Crippen LogP contribution in [0.1, 0.15) is 5.56 Å². The van der Waals surface area contributed by atoms with E-state index in [1.165, 1.54) is 6.07 Å². The van der Waals surface area contributed by atoms with E-state index in [-0.39, 0.29) is 15.9 Å². The predicted molar refractivity (Wildman–Crippen MR) is 51.3 cm³/mol. The zero-order valence-corrected chi connectivity index (χ0v) is 9.60. The van der Waals surface area contributed by atoms with Crippen molar-refractivity contribution in [3.05, 3.63) is 32.2 Å². The fraction of sp³-hybridized carbons (Fsp3) is 0.143. The second-order valence-electron chi connectivity index (χ2n) is 2.09. The van der Waals surface area contributed by atoms with E-state index in [1.54, 1.807) is 0 Å². The van der Waals surface area contributed by atoms with Gasteiger partial charge in [-0.15, -0.1) is 11.6 Å². The van der Waals surface area contributed by atoms with Gasteiger partial charge < -0.3 is 0 Å². The molecule has 0 aliphatic heterocycles. The van der Waals surface area contributed by atoms with Crippen molar-refractivity contribution >= 4 is 43.5 Å². The summed E-state index contributed by atoms with van der Waals surface area (Å²) in [7, 11) is 0. The molecule has 0 fully saturated rings. The van der Waals surface area contributed by atoms with Gasteiger partial charge in [0.25, 0.3) is 0 Å². The summed E-state index contributed by atoms with van der Waals surface area (Å²) < 4.78 is 26.4. The summed E-state index contributed by atoms with van der Waals surface area (Å²) in [4.78, 5) is 0. The lowest BCUT2D eigenvalue weighted by Crippen LogP contribution is -1.93. The second-order valence-corrected chi connectivity index (χ2v) is 4.01. The molecular weight excluding hydrogens is 317 g/mol. The molecule has 0 unspecified atom stereocenters. The van der Waals surface area contributed by atoms with E-state index in [0.29, 0.717) is 4.47 Å². The molecule has 1 rings (SSSR count). The minimum absolute atomic E-state index is 0.0470. The third-order valence-corrected chi connectivity index (χ3v) is 3.54. The zero-order chi connectivity index (χ0) is 9.30. The third-order valence-electron chi connectivity index (χ3n) is 1.32. The Balaban J connectivity index is 3.39. The standard InChI is InChI=1S/C7H3Br2ClF2/c8-4-1-3(2-10)6(11)7(12)5(4)9/h1H,2H2. The minimum atomic E-state index is -0.917. The van der Waals surface area contributed by atoms with Crippen molar-refractivity contribution in [3.8, 4) is 0 Å². The molecule has 0 amide bonds. The van der Waals surface area contributed by atoms with Gasteiger partial charge in [0.15, 0.2) is 11.6 Å². The average molecular weight is 320 g/mol. The van der Waals surface area contributed by atoms with Crippen LogP contribution in [0.4, 0.5) is 8.78 Å². The van der Waals surface area contributed by atoms with Crippen LogP contribution in [-0.4, -0.2) is 0 Å². The van der Waals surface area contributed by atoms with Crippen molar-refractivity contribution < 1.29 is 8.78 Å². The van der Waals surface area contributed by atoms with E-state index in [4.69, 9.17) is 11.6 Å². The van der Waals surface area contributed by atoms with E-state index in [0.717, 1.165) is 0 Å². The fourth-order valence-electron chi connectivity index (χ4n) is 0.719. The maximum absolute atomic E-state index is 12.9. The maximum atomic E-state index is 12.9. The highest BCUT2D eigenvalue weighted by Crippen LogP contribution is 2.30. The van der Waals surface area contributed by atoms with Crippen molar-refractivity contribution in [2.45, 2.75) is 5.88 Å². The number of hydrogen-bond acceptors (Lipinski definition) is 0. The summed E-state index contributed by atoms with van der Waals surface area (Å²) in [5.41, 5.74) is 0.143. The third kappa shape index (κ3) is 1.80. The predicted octanol–water partition coefficient (Wildman–Crippen LogP) is 4.23. The molecule has 0 aliphatic carbocycles. The van der Waals surface area contributed by atoms with Gasteiger partial charge in [-0.25, -0.2) is 8.78 Å². The first-order valence-corrected chi connectivity index (χ1v) is 5.07. The van der Waals surface area contributed by atoms with Crippen LogP contribution in [0.3, 0.4) is 0 Å².